The van der Waals surface area contributed by atoms with Gasteiger partial charge in [0.2, 0.25) is 0 Å². The van der Waals surface area contributed by atoms with Gasteiger partial charge in [0.25, 0.3) is 0 Å². The van der Waals surface area contributed by atoms with E-state index in [-0.39, 0.29) is 5.75 Å². The highest BCUT2D eigenvalue weighted by atomic mass is 32.2. The van der Waals surface area contributed by atoms with Gasteiger partial charge < -0.3 is 4.55 Å². The molecule has 2 heterocycles. The summed E-state index contributed by atoms with van der Waals surface area (Å²) in [6.45, 7) is 0. The molecule has 0 saturated carbocycles. The van der Waals surface area contributed by atoms with Gasteiger partial charge in [-0.1, -0.05) is 17.1 Å². The standard InChI is InChI=1S/C12H12N2O2S/c15-17(16)8-6-11-4-1-5-12(14-11)10-3-2-7-13-9-10/h1-5,7,9H,6,8H2,(H,15,16)/p-1. The van der Waals surface area contributed by atoms with Crippen LogP contribution in [0, 0.1) is 0 Å². The Bertz CT molecular complexity index is 517. The highest BCUT2D eigenvalue weighted by molar-refractivity contribution is 7.79. The average molecular weight is 247 g/mol. The fourth-order valence-electron chi connectivity index (χ4n) is 1.48. The van der Waals surface area contributed by atoms with Gasteiger partial charge in [-0.25, -0.2) is 0 Å². The summed E-state index contributed by atoms with van der Waals surface area (Å²) in [6.07, 6.45) is 3.87. The van der Waals surface area contributed by atoms with Crippen molar-refractivity contribution in [2.75, 3.05) is 5.75 Å². The molecule has 0 amide bonds. The SMILES string of the molecule is O=S([O-])CCc1cccc(-c2cccnc2)n1. The minimum absolute atomic E-state index is 0.101. The molecule has 2 rings (SSSR count). The Morgan fingerprint density at radius 1 is 1.24 bits per heavy atom. The minimum Gasteiger partial charge on any atom is -0.772 e. The lowest BCUT2D eigenvalue weighted by atomic mass is 10.2. The predicted octanol–water partition coefficient (Wildman–Crippen LogP) is 1.57. The molecule has 0 saturated heterocycles. The van der Waals surface area contributed by atoms with Crippen molar-refractivity contribution in [3.8, 4) is 11.3 Å². The summed E-state index contributed by atoms with van der Waals surface area (Å²) in [6, 6.07) is 9.35. The first-order valence-electron chi connectivity index (χ1n) is 5.18. The fraction of sp³-hybridized carbons (Fsp3) is 0.167. The number of rotatable bonds is 4. The van der Waals surface area contributed by atoms with Gasteiger partial charge in [-0.15, -0.1) is 0 Å². The zero-order valence-electron chi connectivity index (χ0n) is 9.07. The highest BCUT2D eigenvalue weighted by Crippen LogP contribution is 2.15. The lowest BCUT2D eigenvalue weighted by molar-refractivity contribution is 0.536. The van der Waals surface area contributed by atoms with Gasteiger partial charge in [0.15, 0.2) is 0 Å². The summed E-state index contributed by atoms with van der Waals surface area (Å²) >= 11 is -2.02. The summed E-state index contributed by atoms with van der Waals surface area (Å²) in [5.74, 6) is 0.101. The Hall–Kier alpha value is -1.59. The van der Waals surface area contributed by atoms with E-state index in [1.165, 1.54) is 0 Å². The Morgan fingerprint density at radius 3 is 2.82 bits per heavy atom. The number of hydrogen-bond acceptors (Lipinski definition) is 4. The summed E-state index contributed by atoms with van der Waals surface area (Å²) in [5, 5.41) is 0. The fourth-order valence-corrected chi connectivity index (χ4v) is 1.86. The van der Waals surface area contributed by atoms with Gasteiger partial charge in [-0.3, -0.25) is 14.2 Å². The van der Waals surface area contributed by atoms with Crippen molar-refractivity contribution in [3.63, 3.8) is 0 Å². The van der Waals surface area contributed by atoms with Crippen LogP contribution in [0.4, 0.5) is 0 Å². The van der Waals surface area contributed by atoms with Crippen LogP contribution in [0.2, 0.25) is 0 Å². The van der Waals surface area contributed by atoms with Gasteiger partial charge in [0, 0.05) is 35.8 Å². The molecule has 17 heavy (non-hydrogen) atoms. The molecular weight excluding hydrogens is 236 g/mol. The molecule has 4 nitrogen and oxygen atoms in total. The summed E-state index contributed by atoms with van der Waals surface area (Å²) in [4.78, 5) is 8.43. The topological polar surface area (TPSA) is 65.9 Å². The number of pyridine rings is 2. The second kappa shape index (κ2) is 5.65. The normalized spacial score (nSPS) is 12.3. The molecule has 1 unspecified atom stereocenters. The van der Waals surface area contributed by atoms with Crippen molar-refractivity contribution in [3.05, 3.63) is 48.4 Å². The molecule has 1 atom stereocenters. The van der Waals surface area contributed by atoms with E-state index in [1.807, 2.05) is 30.3 Å². The molecule has 0 radical (unpaired) electrons. The lowest BCUT2D eigenvalue weighted by Gasteiger charge is -2.06. The summed E-state index contributed by atoms with van der Waals surface area (Å²) in [5.41, 5.74) is 2.51. The maximum Gasteiger partial charge on any atom is 0.0720 e. The van der Waals surface area contributed by atoms with E-state index in [1.54, 1.807) is 12.4 Å². The number of hydrogen-bond donors (Lipinski definition) is 0. The molecule has 0 fully saturated rings. The zero-order chi connectivity index (χ0) is 12.1. The number of nitrogens with zero attached hydrogens (tertiary/aromatic N) is 2. The van der Waals surface area contributed by atoms with Crippen LogP contribution < -0.4 is 0 Å². The van der Waals surface area contributed by atoms with Crippen LogP contribution in [0.15, 0.2) is 42.7 Å². The molecule has 0 aliphatic carbocycles. The summed E-state index contributed by atoms with van der Waals surface area (Å²) < 4.78 is 21.0. The van der Waals surface area contributed by atoms with Crippen molar-refractivity contribution < 1.29 is 8.76 Å². The minimum atomic E-state index is -2.02. The molecular formula is C12H11N2O2S-. The molecule has 88 valence electrons. The van der Waals surface area contributed by atoms with Crippen LogP contribution in [-0.2, 0) is 17.5 Å². The number of aromatic nitrogens is 2. The van der Waals surface area contributed by atoms with Crippen molar-refractivity contribution >= 4 is 11.1 Å². The van der Waals surface area contributed by atoms with Crippen LogP contribution in [0.25, 0.3) is 11.3 Å². The Balaban J connectivity index is 2.20. The van der Waals surface area contributed by atoms with E-state index in [4.69, 9.17) is 0 Å². The largest absolute Gasteiger partial charge is 0.772 e. The zero-order valence-corrected chi connectivity index (χ0v) is 9.89. The van der Waals surface area contributed by atoms with Crippen LogP contribution in [0.1, 0.15) is 5.69 Å². The molecule has 0 aliphatic heterocycles. The second-order valence-electron chi connectivity index (χ2n) is 3.51. The van der Waals surface area contributed by atoms with E-state index in [0.29, 0.717) is 6.42 Å². The van der Waals surface area contributed by atoms with Crippen molar-refractivity contribution in [2.24, 2.45) is 0 Å². The van der Waals surface area contributed by atoms with Crippen LogP contribution >= 0.6 is 0 Å². The molecule has 0 aromatic carbocycles. The molecule has 5 heteroatoms. The monoisotopic (exact) mass is 247 g/mol. The van der Waals surface area contributed by atoms with Gasteiger partial charge in [0.1, 0.15) is 0 Å². The van der Waals surface area contributed by atoms with E-state index < -0.39 is 11.1 Å². The summed E-state index contributed by atoms with van der Waals surface area (Å²) in [7, 11) is 0. The van der Waals surface area contributed by atoms with Crippen molar-refractivity contribution in [1.29, 1.82) is 0 Å². The molecule has 2 aromatic rings. The molecule has 0 N–H and O–H groups in total. The van der Waals surface area contributed by atoms with E-state index in [2.05, 4.69) is 9.97 Å². The van der Waals surface area contributed by atoms with Crippen LogP contribution in [0.3, 0.4) is 0 Å². The van der Waals surface area contributed by atoms with Crippen molar-refractivity contribution in [2.45, 2.75) is 6.42 Å². The van der Waals surface area contributed by atoms with Gasteiger partial charge >= 0.3 is 0 Å². The smallest absolute Gasteiger partial charge is 0.0720 e. The van der Waals surface area contributed by atoms with Crippen LogP contribution in [0.5, 0.6) is 0 Å². The third kappa shape index (κ3) is 3.44. The predicted molar refractivity (Wildman–Crippen MR) is 65.0 cm³/mol. The average Bonchev–Trinajstić information content (AvgIpc) is 2.38. The maximum absolute atomic E-state index is 10.5. The molecule has 2 aromatic heterocycles. The Labute approximate surface area is 102 Å². The van der Waals surface area contributed by atoms with E-state index in [9.17, 15) is 8.76 Å². The van der Waals surface area contributed by atoms with Gasteiger partial charge in [0.05, 0.1) is 5.69 Å². The van der Waals surface area contributed by atoms with Crippen molar-refractivity contribution in [1.82, 2.24) is 9.97 Å². The first kappa shape index (κ1) is 11.9. The van der Waals surface area contributed by atoms with Gasteiger partial charge in [-0.2, -0.15) is 0 Å². The second-order valence-corrected chi connectivity index (χ2v) is 4.53. The Kier molecular flexibility index (Phi) is 3.95. The third-order valence-electron chi connectivity index (χ3n) is 2.29. The molecule has 0 bridgehead atoms. The molecule has 0 aliphatic rings. The molecule has 0 spiro atoms. The number of aryl methyl sites for hydroxylation is 1. The van der Waals surface area contributed by atoms with E-state index >= 15 is 0 Å². The first-order chi connectivity index (χ1) is 8.25. The lowest BCUT2D eigenvalue weighted by Crippen LogP contribution is -2.01. The Morgan fingerprint density at radius 2 is 2.12 bits per heavy atom. The third-order valence-corrected chi connectivity index (χ3v) is 2.83. The van der Waals surface area contributed by atoms with Gasteiger partial charge in [-0.05, 0) is 24.3 Å². The highest BCUT2D eigenvalue weighted by Gasteiger charge is 2.00. The quantitative estimate of drug-likeness (QED) is 0.769. The van der Waals surface area contributed by atoms with E-state index in [0.717, 1.165) is 17.0 Å². The van der Waals surface area contributed by atoms with Crippen LogP contribution in [-0.4, -0.2) is 24.5 Å². The first-order valence-corrected chi connectivity index (χ1v) is 6.42. The maximum atomic E-state index is 10.5.